The van der Waals surface area contributed by atoms with E-state index < -0.39 is 10.0 Å². The minimum atomic E-state index is -3.93. The normalized spacial score (nSPS) is 11.3. The third-order valence-electron chi connectivity index (χ3n) is 4.44. The molecule has 0 bridgehead atoms. The zero-order valence-corrected chi connectivity index (χ0v) is 17.2. The maximum Gasteiger partial charge on any atom is 0.267 e. The molecule has 30 heavy (non-hydrogen) atoms. The van der Waals surface area contributed by atoms with E-state index in [9.17, 15) is 8.42 Å². The van der Waals surface area contributed by atoms with Crippen molar-refractivity contribution < 1.29 is 13.2 Å². The summed E-state index contributed by atoms with van der Waals surface area (Å²) < 4.78 is 35.5. The van der Waals surface area contributed by atoms with Crippen molar-refractivity contribution in [2.75, 3.05) is 4.72 Å². The fourth-order valence-electron chi connectivity index (χ4n) is 2.81. The molecule has 1 N–H and O–H groups in total. The van der Waals surface area contributed by atoms with Crippen LogP contribution in [-0.4, -0.2) is 28.2 Å². The number of benzene rings is 2. The summed E-state index contributed by atoms with van der Waals surface area (Å²) in [7, 11) is -2.25. The van der Waals surface area contributed by atoms with Gasteiger partial charge in [-0.25, -0.2) is 18.1 Å². The van der Waals surface area contributed by atoms with Crippen LogP contribution in [0.1, 0.15) is 5.69 Å². The molecule has 4 aromatic rings. The van der Waals surface area contributed by atoms with E-state index in [1.165, 1.54) is 10.9 Å². The summed E-state index contributed by atoms with van der Waals surface area (Å²) >= 11 is 0. The highest BCUT2D eigenvalue weighted by Gasteiger charge is 2.22. The summed E-state index contributed by atoms with van der Waals surface area (Å²) in [5, 5.41) is 3.99. The number of anilines is 1. The molecule has 0 unspecified atom stereocenters. The van der Waals surface area contributed by atoms with E-state index in [2.05, 4.69) is 19.8 Å². The van der Waals surface area contributed by atoms with Gasteiger partial charge in [0.05, 0.1) is 17.6 Å². The van der Waals surface area contributed by atoms with Gasteiger partial charge in [0.15, 0.2) is 0 Å². The number of hydrogen-bond donors (Lipinski definition) is 1. The summed E-state index contributed by atoms with van der Waals surface area (Å²) in [4.78, 5) is 8.69. The first kappa shape index (κ1) is 19.6. The van der Waals surface area contributed by atoms with Gasteiger partial charge in [0, 0.05) is 18.7 Å². The van der Waals surface area contributed by atoms with Gasteiger partial charge in [0.1, 0.15) is 10.6 Å². The van der Waals surface area contributed by atoms with Crippen LogP contribution in [0.2, 0.25) is 0 Å². The predicted molar refractivity (Wildman–Crippen MR) is 113 cm³/mol. The van der Waals surface area contributed by atoms with Gasteiger partial charge in [-0.15, -0.1) is 0 Å². The van der Waals surface area contributed by atoms with Gasteiger partial charge in [-0.1, -0.05) is 48.5 Å². The Morgan fingerprint density at radius 1 is 0.967 bits per heavy atom. The average molecular weight is 421 g/mol. The molecule has 0 radical (unpaired) electrons. The van der Waals surface area contributed by atoms with Crippen LogP contribution in [-0.2, 0) is 17.1 Å². The highest BCUT2D eigenvalue weighted by atomic mass is 32.2. The number of hydrogen-bond acceptors (Lipinski definition) is 6. The Balaban J connectivity index is 1.74. The Morgan fingerprint density at radius 2 is 1.63 bits per heavy atom. The number of aromatic nitrogens is 4. The van der Waals surface area contributed by atoms with Crippen molar-refractivity contribution in [2.45, 2.75) is 11.8 Å². The van der Waals surface area contributed by atoms with Crippen LogP contribution in [0.5, 0.6) is 11.6 Å². The molecule has 0 spiro atoms. The summed E-state index contributed by atoms with van der Waals surface area (Å²) in [5.41, 5.74) is 1.83. The summed E-state index contributed by atoms with van der Waals surface area (Å²) in [6, 6.07) is 20.2. The predicted octanol–water partition coefficient (Wildman–Crippen LogP) is 3.78. The Labute approximate surface area is 174 Å². The Kier molecular flexibility index (Phi) is 5.20. The largest absolute Gasteiger partial charge is 0.439 e. The third kappa shape index (κ3) is 4.15. The molecule has 0 saturated heterocycles. The van der Waals surface area contributed by atoms with Gasteiger partial charge < -0.3 is 4.74 Å². The van der Waals surface area contributed by atoms with E-state index in [1.807, 2.05) is 48.5 Å². The minimum Gasteiger partial charge on any atom is -0.439 e. The highest BCUT2D eigenvalue weighted by molar-refractivity contribution is 7.92. The average Bonchev–Trinajstić information content (AvgIpc) is 3.08. The number of sulfonamides is 1. The fraction of sp³-hybridized carbons (Fsp3) is 0.0952. The Bertz CT molecular complexity index is 1270. The van der Waals surface area contributed by atoms with Crippen molar-refractivity contribution >= 4 is 16.0 Å². The van der Waals surface area contributed by atoms with Crippen molar-refractivity contribution in [1.82, 2.24) is 19.7 Å². The Hall–Kier alpha value is -3.72. The molecular formula is C21H19N5O3S. The lowest BCUT2D eigenvalue weighted by molar-refractivity contribution is 0.463. The molecule has 0 atom stereocenters. The SMILES string of the molecule is Cc1c(S(=O)(=O)Nc2nc(Oc3ccccc3)cc(-c3ccccc3)n2)cnn1C. The quantitative estimate of drug-likeness (QED) is 0.509. The smallest absolute Gasteiger partial charge is 0.267 e. The minimum absolute atomic E-state index is 0.0595. The van der Waals surface area contributed by atoms with Gasteiger partial charge >= 0.3 is 0 Å². The second-order valence-electron chi connectivity index (χ2n) is 6.52. The van der Waals surface area contributed by atoms with E-state index in [-0.39, 0.29) is 16.7 Å². The van der Waals surface area contributed by atoms with Crippen LogP contribution in [0, 0.1) is 6.92 Å². The van der Waals surface area contributed by atoms with Gasteiger partial charge in [-0.2, -0.15) is 10.1 Å². The molecule has 2 aromatic carbocycles. The highest BCUT2D eigenvalue weighted by Crippen LogP contribution is 2.27. The van der Waals surface area contributed by atoms with Crippen LogP contribution in [0.15, 0.2) is 77.8 Å². The lowest BCUT2D eigenvalue weighted by atomic mass is 10.1. The first-order chi connectivity index (χ1) is 14.4. The maximum atomic E-state index is 12.9. The number of ether oxygens (including phenoxy) is 1. The van der Waals surface area contributed by atoms with Crippen molar-refractivity contribution in [3.8, 4) is 22.9 Å². The fourth-order valence-corrected chi connectivity index (χ4v) is 3.96. The van der Waals surface area contributed by atoms with Crippen molar-refractivity contribution in [1.29, 1.82) is 0 Å². The van der Waals surface area contributed by atoms with E-state index in [1.54, 1.807) is 32.2 Å². The van der Waals surface area contributed by atoms with Crippen LogP contribution >= 0.6 is 0 Å². The van der Waals surface area contributed by atoms with Crippen LogP contribution in [0.25, 0.3) is 11.3 Å². The molecule has 0 amide bonds. The second kappa shape index (κ2) is 7.96. The first-order valence-corrected chi connectivity index (χ1v) is 10.6. The van der Waals surface area contributed by atoms with Crippen molar-refractivity contribution in [2.24, 2.45) is 7.05 Å². The zero-order chi connectivity index (χ0) is 21.1. The topological polar surface area (TPSA) is 99.0 Å². The van der Waals surface area contributed by atoms with E-state index in [0.29, 0.717) is 17.1 Å². The molecule has 2 heterocycles. The molecule has 9 heteroatoms. The van der Waals surface area contributed by atoms with Gasteiger partial charge in [0.25, 0.3) is 10.0 Å². The molecule has 2 aromatic heterocycles. The van der Waals surface area contributed by atoms with Crippen molar-refractivity contribution in [3.63, 3.8) is 0 Å². The Morgan fingerprint density at radius 3 is 2.27 bits per heavy atom. The third-order valence-corrected chi connectivity index (χ3v) is 5.87. The molecule has 0 aliphatic heterocycles. The second-order valence-corrected chi connectivity index (χ2v) is 8.17. The molecule has 0 aliphatic carbocycles. The van der Waals surface area contributed by atoms with E-state index in [4.69, 9.17) is 4.74 Å². The van der Waals surface area contributed by atoms with Gasteiger partial charge in [-0.3, -0.25) is 4.68 Å². The number of aryl methyl sites for hydroxylation is 1. The number of nitrogens with zero attached hydrogens (tertiary/aromatic N) is 4. The summed E-state index contributed by atoms with van der Waals surface area (Å²) in [6.07, 6.45) is 1.29. The molecule has 0 saturated carbocycles. The summed E-state index contributed by atoms with van der Waals surface area (Å²) in [5.74, 6) is 0.702. The molecule has 0 fully saturated rings. The maximum absolute atomic E-state index is 12.9. The molecular weight excluding hydrogens is 402 g/mol. The number of para-hydroxylation sites is 1. The number of rotatable bonds is 6. The molecule has 4 rings (SSSR count). The van der Waals surface area contributed by atoms with Gasteiger partial charge in [-0.05, 0) is 19.1 Å². The van der Waals surface area contributed by atoms with Crippen LogP contribution < -0.4 is 9.46 Å². The lowest BCUT2D eigenvalue weighted by Crippen LogP contribution is -2.16. The van der Waals surface area contributed by atoms with Gasteiger partial charge in [0.2, 0.25) is 11.8 Å². The zero-order valence-electron chi connectivity index (χ0n) is 16.4. The summed E-state index contributed by atoms with van der Waals surface area (Å²) in [6.45, 7) is 1.67. The van der Waals surface area contributed by atoms with E-state index >= 15 is 0 Å². The van der Waals surface area contributed by atoms with Crippen molar-refractivity contribution in [3.05, 3.63) is 78.6 Å². The molecule has 152 valence electrons. The molecule has 8 nitrogen and oxygen atoms in total. The first-order valence-electron chi connectivity index (χ1n) is 9.11. The van der Waals surface area contributed by atoms with E-state index in [0.717, 1.165) is 5.56 Å². The van der Waals surface area contributed by atoms with Crippen LogP contribution in [0.4, 0.5) is 5.95 Å². The standard InChI is InChI=1S/C21H19N5O3S/c1-15-19(14-22-26(15)2)30(27,28)25-21-23-18(16-9-5-3-6-10-16)13-20(24-21)29-17-11-7-4-8-12-17/h3-14H,1-2H3,(H,23,24,25). The van der Waals surface area contributed by atoms with Crippen LogP contribution in [0.3, 0.4) is 0 Å². The number of nitrogens with one attached hydrogen (secondary N) is 1. The lowest BCUT2D eigenvalue weighted by Gasteiger charge is -2.11. The molecule has 0 aliphatic rings. The monoisotopic (exact) mass is 421 g/mol.